The van der Waals surface area contributed by atoms with Crippen LogP contribution < -0.4 is 10.9 Å². The van der Waals surface area contributed by atoms with Crippen molar-refractivity contribution in [1.82, 2.24) is 9.88 Å². The molecule has 0 saturated carbocycles. The smallest absolute Gasteiger partial charge is 0.250 e. The SMILES string of the molecule is Cc1ccc(CCCC(=O)NCCCn2cc(Cl)ccc2=O)cc1. The van der Waals surface area contributed by atoms with Gasteiger partial charge in [0.2, 0.25) is 5.91 Å². The molecule has 0 spiro atoms. The first-order chi connectivity index (χ1) is 11.5. The Balaban J connectivity index is 1.62. The van der Waals surface area contributed by atoms with Gasteiger partial charge in [-0.05, 0) is 37.8 Å². The zero-order chi connectivity index (χ0) is 17.4. The summed E-state index contributed by atoms with van der Waals surface area (Å²) in [5, 5.41) is 3.43. The van der Waals surface area contributed by atoms with Gasteiger partial charge in [0.25, 0.3) is 5.56 Å². The van der Waals surface area contributed by atoms with Gasteiger partial charge in [-0.2, -0.15) is 0 Å². The topological polar surface area (TPSA) is 51.1 Å². The zero-order valence-corrected chi connectivity index (χ0v) is 14.7. The van der Waals surface area contributed by atoms with Crippen LogP contribution in [-0.4, -0.2) is 17.0 Å². The van der Waals surface area contributed by atoms with Crippen LogP contribution in [0.15, 0.2) is 47.4 Å². The molecule has 2 rings (SSSR count). The Morgan fingerprint density at radius 1 is 1.12 bits per heavy atom. The van der Waals surface area contributed by atoms with Crippen molar-refractivity contribution in [2.75, 3.05) is 6.54 Å². The van der Waals surface area contributed by atoms with E-state index < -0.39 is 0 Å². The molecular weight excluding hydrogens is 324 g/mol. The number of hydrogen-bond donors (Lipinski definition) is 1. The molecule has 0 aliphatic rings. The molecule has 0 radical (unpaired) electrons. The lowest BCUT2D eigenvalue weighted by atomic mass is 10.1. The molecule has 0 bridgehead atoms. The quantitative estimate of drug-likeness (QED) is 0.745. The number of amides is 1. The summed E-state index contributed by atoms with van der Waals surface area (Å²) in [6, 6.07) is 11.4. The predicted octanol–water partition coefficient (Wildman–Crippen LogP) is 3.34. The minimum Gasteiger partial charge on any atom is -0.356 e. The maximum atomic E-state index is 11.8. The standard InChI is InChI=1S/C19H23ClN2O2/c1-15-6-8-16(9-7-15)4-2-5-18(23)21-12-3-13-22-14-17(20)10-11-19(22)24/h6-11,14H,2-5,12-13H2,1H3,(H,21,23). The van der Waals surface area contributed by atoms with E-state index in [1.165, 1.54) is 17.2 Å². The van der Waals surface area contributed by atoms with E-state index in [4.69, 9.17) is 11.6 Å². The van der Waals surface area contributed by atoms with Crippen LogP contribution in [-0.2, 0) is 17.8 Å². The third-order valence-corrected chi connectivity index (χ3v) is 4.06. The molecule has 1 aromatic carbocycles. The fourth-order valence-corrected chi connectivity index (χ4v) is 2.63. The fraction of sp³-hybridized carbons (Fsp3) is 0.368. The average Bonchev–Trinajstić information content (AvgIpc) is 2.56. The lowest BCUT2D eigenvalue weighted by molar-refractivity contribution is -0.121. The predicted molar refractivity (Wildman–Crippen MR) is 97.5 cm³/mol. The Morgan fingerprint density at radius 2 is 1.88 bits per heavy atom. The van der Waals surface area contributed by atoms with Gasteiger partial charge in [-0.15, -0.1) is 0 Å². The largest absolute Gasteiger partial charge is 0.356 e. The summed E-state index contributed by atoms with van der Waals surface area (Å²) in [6.45, 7) is 3.17. The van der Waals surface area contributed by atoms with Crippen molar-refractivity contribution in [3.05, 3.63) is 69.1 Å². The number of halogens is 1. The van der Waals surface area contributed by atoms with Gasteiger partial charge in [-0.1, -0.05) is 41.4 Å². The number of aromatic nitrogens is 1. The van der Waals surface area contributed by atoms with Crippen molar-refractivity contribution in [2.45, 2.75) is 39.2 Å². The molecule has 0 saturated heterocycles. The molecule has 1 aromatic heterocycles. The van der Waals surface area contributed by atoms with E-state index in [2.05, 4.69) is 36.5 Å². The summed E-state index contributed by atoms with van der Waals surface area (Å²) in [5.74, 6) is 0.0561. The molecule has 128 valence electrons. The van der Waals surface area contributed by atoms with Crippen molar-refractivity contribution < 1.29 is 4.79 Å². The molecule has 0 aliphatic carbocycles. The number of benzene rings is 1. The molecular formula is C19H23ClN2O2. The van der Waals surface area contributed by atoms with E-state index >= 15 is 0 Å². The Morgan fingerprint density at radius 3 is 2.62 bits per heavy atom. The normalized spacial score (nSPS) is 10.6. The van der Waals surface area contributed by atoms with Crippen LogP contribution in [0.2, 0.25) is 5.02 Å². The van der Waals surface area contributed by atoms with Crippen molar-refractivity contribution in [3.8, 4) is 0 Å². The molecule has 0 aliphatic heterocycles. The van der Waals surface area contributed by atoms with Crippen LogP contribution in [0.5, 0.6) is 0 Å². The van der Waals surface area contributed by atoms with Crippen LogP contribution in [0.25, 0.3) is 0 Å². The third-order valence-electron chi connectivity index (χ3n) is 3.84. The van der Waals surface area contributed by atoms with Gasteiger partial charge in [-0.3, -0.25) is 9.59 Å². The highest BCUT2D eigenvalue weighted by Gasteiger charge is 2.02. The Kier molecular flexibility index (Phi) is 7.07. The Labute approximate surface area is 147 Å². The van der Waals surface area contributed by atoms with Gasteiger partial charge in [0, 0.05) is 31.8 Å². The summed E-state index contributed by atoms with van der Waals surface area (Å²) in [7, 11) is 0. The zero-order valence-electron chi connectivity index (χ0n) is 13.9. The number of pyridine rings is 1. The number of nitrogens with zero attached hydrogens (tertiary/aromatic N) is 1. The van der Waals surface area contributed by atoms with Crippen LogP contribution in [0.3, 0.4) is 0 Å². The second-order valence-electron chi connectivity index (χ2n) is 5.92. The number of rotatable bonds is 8. The second kappa shape index (κ2) is 9.28. The first-order valence-electron chi connectivity index (χ1n) is 8.23. The van der Waals surface area contributed by atoms with Crippen molar-refractivity contribution in [2.24, 2.45) is 0 Å². The minimum atomic E-state index is -0.0798. The highest BCUT2D eigenvalue weighted by atomic mass is 35.5. The second-order valence-corrected chi connectivity index (χ2v) is 6.36. The van der Waals surface area contributed by atoms with Gasteiger partial charge in [0.1, 0.15) is 0 Å². The molecule has 0 fully saturated rings. The van der Waals surface area contributed by atoms with Gasteiger partial charge in [0.05, 0.1) is 5.02 Å². The van der Waals surface area contributed by atoms with Crippen LogP contribution in [0.4, 0.5) is 0 Å². The average molecular weight is 347 g/mol. The maximum Gasteiger partial charge on any atom is 0.250 e. The first kappa shape index (κ1) is 18.3. The van der Waals surface area contributed by atoms with E-state index in [9.17, 15) is 9.59 Å². The molecule has 2 aromatic rings. The highest BCUT2D eigenvalue weighted by molar-refractivity contribution is 6.30. The van der Waals surface area contributed by atoms with Gasteiger partial charge < -0.3 is 9.88 Å². The lowest BCUT2D eigenvalue weighted by Gasteiger charge is -2.08. The number of nitrogens with one attached hydrogen (secondary N) is 1. The van der Waals surface area contributed by atoms with Crippen molar-refractivity contribution in [1.29, 1.82) is 0 Å². The lowest BCUT2D eigenvalue weighted by Crippen LogP contribution is -2.26. The molecule has 1 amide bonds. The Hall–Kier alpha value is -2.07. The monoisotopic (exact) mass is 346 g/mol. The minimum absolute atomic E-state index is 0.0561. The van der Waals surface area contributed by atoms with Crippen LogP contribution in [0, 0.1) is 6.92 Å². The van der Waals surface area contributed by atoms with Gasteiger partial charge >= 0.3 is 0 Å². The van der Waals surface area contributed by atoms with E-state index in [1.54, 1.807) is 16.8 Å². The van der Waals surface area contributed by atoms with E-state index in [1.807, 2.05) is 0 Å². The van der Waals surface area contributed by atoms with Crippen LogP contribution >= 0.6 is 11.6 Å². The number of carbonyl (C=O) groups excluding carboxylic acids is 1. The van der Waals surface area contributed by atoms with E-state index in [0.29, 0.717) is 31.0 Å². The summed E-state index contributed by atoms with van der Waals surface area (Å²) in [6.07, 6.45) is 4.58. The van der Waals surface area contributed by atoms with Gasteiger partial charge in [0.15, 0.2) is 0 Å². The maximum absolute atomic E-state index is 11.8. The Bertz CT molecular complexity index is 723. The van der Waals surface area contributed by atoms with Crippen molar-refractivity contribution in [3.63, 3.8) is 0 Å². The number of carbonyl (C=O) groups is 1. The molecule has 5 heteroatoms. The van der Waals surface area contributed by atoms with Crippen LogP contribution in [0.1, 0.15) is 30.4 Å². The molecule has 0 atom stereocenters. The molecule has 1 heterocycles. The molecule has 4 nitrogen and oxygen atoms in total. The summed E-state index contributed by atoms with van der Waals surface area (Å²) < 4.78 is 1.56. The number of hydrogen-bond acceptors (Lipinski definition) is 2. The van der Waals surface area contributed by atoms with E-state index in [-0.39, 0.29) is 11.5 Å². The molecule has 0 unspecified atom stereocenters. The summed E-state index contributed by atoms with van der Waals surface area (Å²) in [5.41, 5.74) is 2.42. The van der Waals surface area contributed by atoms with Gasteiger partial charge in [-0.25, -0.2) is 0 Å². The first-order valence-corrected chi connectivity index (χ1v) is 8.60. The molecule has 1 N–H and O–H groups in total. The fourth-order valence-electron chi connectivity index (χ4n) is 2.45. The summed E-state index contributed by atoms with van der Waals surface area (Å²) >= 11 is 5.87. The summed E-state index contributed by atoms with van der Waals surface area (Å²) in [4.78, 5) is 23.4. The van der Waals surface area contributed by atoms with Crippen molar-refractivity contribution >= 4 is 17.5 Å². The molecule has 24 heavy (non-hydrogen) atoms. The third kappa shape index (κ3) is 6.20. The highest BCUT2D eigenvalue weighted by Crippen LogP contribution is 2.07. The van der Waals surface area contributed by atoms with E-state index in [0.717, 1.165) is 12.8 Å². The number of aryl methyl sites for hydroxylation is 3.